The number of nitrogens with two attached hydrogens (primary N) is 1. The van der Waals surface area contributed by atoms with Gasteiger partial charge in [-0.05, 0) is 20.3 Å². The first-order chi connectivity index (χ1) is 9.66. The third-order valence-corrected chi connectivity index (χ3v) is 3.37. The van der Waals surface area contributed by atoms with Gasteiger partial charge in [-0.3, -0.25) is 9.59 Å². The number of carbonyl (C=O) groups excluding carboxylic acids is 3. The van der Waals surface area contributed by atoms with Crippen LogP contribution in [0.4, 0.5) is 4.79 Å². The van der Waals surface area contributed by atoms with Gasteiger partial charge in [-0.1, -0.05) is 0 Å². The molecule has 9 nitrogen and oxygen atoms in total. The highest BCUT2D eigenvalue weighted by Crippen LogP contribution is 2.17. The van der Waals surface area contributed by atoms with E-state index in [1.165, 1.54) is 4.90 Å². The Morgan fingerprint density at radius 2 is 2.10 bits per heavy atom. The normalized spacial score (nSPS) is 18.6. The van der Waals surface area contributed by atoms with Gasteiger partial charge in [-0.2, -0.15) is 0 Å². The Hall–Kier alpha value is -2.32. The maximum atomic E-state index is 12.2. The maximum Gasteiger partial charge on any atom is 0.326 e. The van der Waals surface area contributed by atoms with E-state index in [2.05, 4.69) is 10.6 Å². The second-order valence-electron chi connectivity index (χ2n) is 5.31. The van der Waals surface area contributed by atoms with E-state index in [-0.39, 0.29) is 25.3 Å². The van der Waals surface area contributed by atoms with E-state index >= 15 is 0 Å². The molecule has 0 bridgehead atoms. The lowest BCUT2D eigenvalue weighted by Crippen LogP contribution is -2.66. The highest BCUT2D eigenvalue weighted by molar-refractivity contribution is 5.92. The van der Waals surface area contributed by atoms with E-state index in [1.54, 1.807) is 13.8 Å². The van der Waals surface area contributed by atoms with Crippen LogP contribution in [0.3, 0.4) is 0 Å². The van der Waals surface area contributed by atoms with Crippen LogP contribution in [-0.2, 0) is 14.4 Å². The van der Waals surface area contributed by atoms with Gasteiger partial charge in [0.25, 0.3) is 0 Å². The molecule has 0 radical (unpaired) electrons. The van der Waals surface area contributed by atoms with Crippen molar-refractivity contribution in [2.24, 2.45) is 5.73 Å². The quantitative estimate of drug-likeness (QED) is 0.495. The smallest absolute Gasteiger partial charge is 0.326 e. The van der Waals surface area contributed by atoms with Crippen LogP contribution >= 0.6 is 0 Å². The van der Waals surface area contributed by atoms with Gasteiger partial charge in [-0.15, -0.1) is 0 Å². The fourth-order valence-electron chi connectivity index (χ4n) is 2.03. The standard InChI is InChI=1S/C12H20N4O5/c1-12(2)10(20)14-5-6-16(12)11(21)15-7(9(18)19)3-4-8(13)17/h7H,3-6H2,1-2H3,(H2,13,17)(H,14,20)(H,15,21)(H,18,19)/t7-/m0/s1. The first-order valence-electron chi connectivity index (χ1n) is 6.53. The second-order valence-corrected chi connectivity index (χ2v) is 5.31. The molecule has 0 spiro atoms. The number of primary amides is 1. The zero-order valence-corrected chi connectivity index (χ0v) is 12.0. The molecule has 1 heterocycles. The number of carboxylic acids is 1. The van der Waals surface area contributed by atoms with Crippen LogP contribution in [0.1, 0.15) is 26.7 Å². The maximum absolute atomic E-state index is 12.2. The predicted molar refractivity (Wildman–Crippen MR) is 72.2 cm³/mol. The van der Waals surface area contributed by atoms with Crippen LogP contribution < -0.4 is 16.4 Å². The lowest BCUT2D eigenvalue weighted by atomic mass is 9.99. The van der Waals surface area contributed by atoms with Crippen molar-refractivity contribution < 1.29 is 24.3 Å². The minimum atomic E-state index is -1.26. The van der Waals surface area contributed by atoms with Crippen LogP contribution in [-0.4, -0.2) is 58.5 Å². The number of piperazine rings is 1. The molecule has 0 aromatic rings. The third kappa shape index (κ3) is 4.07. The van der Waals surface area contributed by atoms with Crippen molar-refractivity contribution in [2.75, 3.05) is 13.1 Å². The highest BCUT2D eigenvalue weighted by atomic mass is 16.4. The Bertz CT molecular complexity index is 463. The van der Waals surface area contributed by atoms with Crippen molar-refractivity contribution in [2.45, 2.75) is 38.3 Å². The number of urea groups is 1. The first-order valence-corrected chi connectivity index (χ1v) is 6.53. The van der Waals surface area contributed by atoms with E-state index in [4.69, 9.17) is 10.8 Å². The summed E-state index contributed by atoms with van der Waals surface area (Å²) in [5.41, 5.74) is 3.89. The Morgan fingerprint density at radius 3 is 2.62 bits per heavy atom. The molecule has 0 unspecified atom stereocenters. The van der Waals surface area contributed by atoms with Crippen LogP contribution in [0, 0.1) is 0 Å². The minimum absolute atomic E-state index is 0.100. The molecule has 118 valence electrons. The summed E-state index contributed by atoms with van der Waals surface area (Å²) in [5.74, 6) is -2.22. The fraction of sp³-hybridized carbons (Fsp3) is 0.667. The van der Waals surface area contributed by atoms with Crippen LogP contribution in [0.15, 0.2) is 0 Å². The number of hydrogen-bond acceptors (Lipinski definition) is 4. The lowest BCUT2D eigenvalue weighted by molar-refractivity contribution is -0.139. The van der Waals surface area contributed by atoms with Crippen molar-refractivity contribution in [3.05, 3.63) is 0 Å². The Kier molecular flexibility index (Phi) is 5.12. The summed E-state index contributed by atoms with van der Waals surface area (Å²) in [4.78, 5) is 47.0. The van der Waals surface area contributed by atoms with Crippen molar-refractivity contribution in [1.29, 1.82) is 0 Å². The number of aliphatic carboxylic acids is 1. The molecule has 4 amide bonds. The summed E-state index contributed by atoms with van der Waals surface area (Å²) in [7, 11) is 0. The van der Waals surface area contributed by atoms with Gasteiger partial charge in [0.15, 0.2) is 0 Å². The molecule has 21 heavy (non-hydrogen) atoms. The van der Waals surface area contributed by atoms with Crippen molar-refractivity contribution >= 4 is 23.8 Å². The Balaban J connectivity index is 2.74. The summed E-state index contributed by atoms with van der Waals surface area (Å²) >= 11 is 0. The lowest BCUT2D eigenvalue weighted by Gasteiger charge is -2.41. The number of nitrogens with zero attached hydrogens (tertiary/aromatic N) is 1. The molecule has 0 aliphatic carbocycles. The molecule has 1 aliphatic rings. The summed E-state index contributed by atoms with van der Waals surface area (Å²) in [5, 5.41) is 14.0. The SMILES string of the molecule is CC1(C)C(=O)NCCN1C(=O)N[C@@H](CCC(N)=O)C(=O)O. The van der Waals surface area contributed by atoms with Crippen LogP contribution in [0.2, 0.25) is 0 Å². The van der Waals surface area contributed by atoms with Gasteiger partial charge in [0.2, 0.25) is 11.8 Å². The molecule has 9 heteroatoms. The largest absolute Gasteiger partial charge is 0.480 e. The molecule has 5 N–H and O–H groups in total. The summed E-state index contributed by atoms with van der Waals surface area (Å²) < 4.78 is 0. The van der Waals surface area contributed by atoms with Gasteiger partial charge in [-0.25, -0.2) is 9.59 Å². The topological polar surface area (TPSA) is 142 Å². The molecule has 0 aromatic carbocycles. The zero-order chi connectivity index (χ0) is 16.2. The monoisotopic (exact) mass is 300 g/mol. The Labute approximate surface area is 121 Å². The minimum Gasteiger partial charge on any atom is -0.480 e. The third-order valence-electron chi connectivity index (χ3n) is 3.37. The Morgan fingerprint density at radius 1 is 1.48 bits per heavy atom. The molecular formula is C12H20N4O5. The summed E-state index contributed by atoms with van der Waals surface area (Å²) in [6.45, 7) is 3.71. The number of carboxylic acid groups (broad SMARTS) is 1. The fourth-order valence-corrected chi connectivity index (χ4v) is 2.03. The highest BCUT2D eigenvalue weighted by Gasteiger charge is 2.41. The number of amides is 4. The van der Waals surface area contributed by atoms with E-state index in [1.807, 2.05) is 0 Å². The molecular weight excluding hydrogens is 280 g/mol. The molecule has 0 saturated carbocycles. The summed E-state index contributed by atoms with van der Waals surface area (Å²) in [6, 6.07) is -1.89. The van der Waals surface area contributed by atoms with Gasteiger partial charge in [0.1, 0.15) is 11.6 Å². The van der Waals surface area contributed by atoms with Crippen LogP contribution in [0.25, 0.3) is 0 Å². The molecule has 1 aliphatic heterocycles. The zero-order valence-electron chi connectivity index (χ0n) is 12.0. The van der Waals surface area contributed by atoms with Gasteiger partial charge in [0.05, 0.1) is 0 Å². The molecule has 1 saturated heterocycles. The number of rotatable bonds is 5. The van der Waals surface area contributed by atoms with Crippen molar-refractivity contribution in [1.82, 2.24) is 15.5 Å². The molecule has 1 fully saturated rings. The molecule has 0 aromatic heterocycles. The van der Waals surface area contributed by atoms with E-state index in [0.29, 0.717) is 6.54 Å². The average Bonchev–Trinajstić information content (AvgIpc) is 2.36. The molecule has 1 atom stereocenters. The predicted octanol–water partition coefficient (Wildman–Crippen LogP) is -1.37. The van der Waals surface area contributed by atoms with Crippen molar-refractivity contribution in [3.63, 3.8) is 0 Å². The van der Waals surface area contributed by atoms with Gasteiger partial charge in [0, 0.05) is 19.5 Å². The van der Waals surface area contributed by atoms with E-state index < -0.39 is 29.5 Å². The van der Waals surface area contributed by atoms with E-state index in [9.17, 15) is 19.2 Å². The number of hydrogen-bond donors (Lipinski definition) is 4. The first kappa shape index (κ1) is 16.7. The number of nitrogens with one attached hydrogen (secondary N) is 2. The van der Waals surface area contributed by atoms with Crippen LogP contribution in [0.5, 0.6) is 0 Å². The van der Waals surface area contributed by atoms with Gasteiger partial charge < -0.3 is 26.4 Å². The average molecular weight is 300 g/mol. The second kappa shape index (κ2) is 6.42. The molecule has 1 rings (SSSR count). The number of carbonyl (C=O) groups is 4. The summed E-state index contributed by atoms with van der Waals surface area (Å²) in [6.07, 6.45) is -0.252. The van der Waals surface area contributed by atoms with Gasteiger partial charge >= 0.3 is 12.0 Å². The van der Waals surface area contributed by atoms with E-state index in [0.717, 1.165) is 0 Å². The van der Waals surface area contributed by atoms with Crippen molar-refractivity contribution in [3.8, 4) is 0 Å².